The molecule has 1 aliphatic rings. The third kappa shape index (κ3) is 1.46. The van der Waals surface area contributed by atoms with E-state index in [1.807, 2.05) is 0 Å². The molecule has 0 aromatic rings. The van der Waals surface area contributed by atoms with Crippen LogP contribution in [0.15, 0.2) is 12.2 Å². The molecule has 2 nitrogen and oxygen atoms in total. The van der Waals surface area contributed by atoms with Crippen molar-refractivity contribution >= 4 is 5.78 Å². The highest BCUT2D eigenvalue weighted by molar-refractivity contribution is 5.89. The summed E-state index contributed by atoms with van der Waals surface area (Å²) in [7, 11) is 0. The Morgan fingerprint density at radius 3 is 3.38 bits per heavy atom. The fourth-order valence-corrected chi connectivity index (χ4v) is 0.587. The van der Waals surface area contributed by atoms with Crippen LogP contribution in [0.1, 0.15) is 6.42 Å². The van der Waals surface area contributed by atoms with E-state index in [1.54, 1.807) is 12.2 Å². The van der Waals surface area contributed by atoms with Crippen LogP contribution in [0.2, 0.25) is 0 Å². The largest absolute Gasteiger partial charge is 0.377 e. The van der Waals surface area contributed by atoms with Gasteiger partial charge >= 0.3 is 0 Å². The van der Waals surface area contributed by atoms with E-state index in [1.165, 1.54) is 0 Å². The molecular formula is C6H8O2. The zero-order chi connectivity index (χ0) is 5.82. The van der Waals surface area contributed by atoms with E-state index < -0.39 is 0 Å². The summed E-state index contributed by atoms with van der Waals surface area (Å²) < 4.78 is 4.96. The molecule has 1 rings (SSSR count). The smallest absolute Gasteiger partial charge is 0.157 e. The maximum Gasteiger partial charge on any atom is 0.157 e. The summed E-state index contributed by atoms with van der Waals surface area (Å²) in [6.07, 6.45) is 3.86. The van der Waals surface area contributed by atoms with E-state index in [0.717, 1.165) is 0 Å². The second-order valence-corrected chi connectivity index (χ2v) is 1.69. The second-order valence-electron chi connectivity index (χ2n) is 1.69. The van der Waals surface area contributed by atoms with Gasteiger partial charge in [0, 0.05) is 6.42 Å². The Morgan fingerprint density at radius 1 is 1.62 bits per heavy atom. The molecule has 44 valence electrons. The van der Waals surface area contributed by atoms with Crippen LogP contribution in [0.3, 0.4) is 0 Å². The van der Waals surface area contributed by atoms with Crippen molar-refractivity contribution in [3.8, 4) is 0 Å². The quantitative estimate of drug-likeness (QED) is 0.457. The van der Waals surface area contributed by atoms with Gasteiger partial charge in [0.15, 0.2) is 5.78 Å². The van der Waals surface area contributed by atoms with Crippen molar-refractivity contribution < 1.29 is 9.53 Å². The molecular weight excluding hydrogens is 104 g/mol. The highest BCUT2D eigenvalue weighted by Crippen LogP contribution is 1.92. The summed E-state index contributed by atoms with van der Waals surface area (Å²) in [4.78, 5) is 10.5. The molecule has 0 amide bonds. The molecule has 8 heavy (non-hydrogen) atoms. The second kappa shape index (κ2) is 2.62. The molecule has 0 unspecified atom stereocenters. The van der Waals surface area contributed by atoms with Crippen LogP contribution in [0, 0.1) is 0 Å². The van der Waals surface area contributed by atoms with Gasteiger partial charge in [-0.15, -0.1) is 0 Å². The highest BCUT2D eigenvalue weighted by Gasteiger charge is 1.98. The van der Waals surface area contributed by atoms with Gasteiger partial charge in [0.05, 0.1) is 13.2 Å². The highest BCUT2D eigenvalue weighted by atomic mass is 16.5. The van der Waals surface area contributed by atoms with Crippen LogP contribution in [0.4, 0.5) is 0 Å². The number of carbonyl (C=O) groups excluding carboxylic acids is 1. The Bertz CT molecular complexity index is 116. The molecule has 1 aliphatic heterocycles. The first-order valence-electron chi connectivity index (χ1n) is 2.67. The summed E-state index contributed by atoms with van der Waals surface area (Å²) in [6.45, 7) is 1.16. The molecule has 0 atom stereocenters. The number of hydrogen-bond acceptors (Lipinski definition) is 2. The molecule has 0 aromatic heterocycles. The number of rotatable bonds is 0. The molecule has 0 radical (unpaired) electrons. The molecule has 0 saturated heterocycles. The summed E-state index contributed by atoms with van der Waals surface area (Å²) in [6, 6.07) is 0. The number of allylic oxidation sites excluding steroid dienone is 1. The Balaban J connectivity index is 2.44. The van der Waals surface area contributed by atoms with Gasteiger partial charge in [-0.2, -0.15) is 0 Å². The summed E-state index contributed by atoms with van der Waals surface area (Å²) in [5.74, 6) is 0.169. The van der Waals surface area contributed by atoms with E-state index in [-0.39, 0.29) is 5.78 Å². The first-order valence-corrected chi connectivity index (χ1v) is 2.67. The molecule has 0 saturated carbocycles. The fraction of sp³-hybridized carbons (Fsp3) is 0.500. The Kier molecular flexibility index (Phi) is 1.80. The molecule has 2 heteroatoms. The lowest BCUT2D eigenvalue weighted by Gasteiger charge is -1.90. The Labute approximate surface area is 48.1 Å². The van der Waals surface area contributed by atoms with Crippen molar-refractivity contribution in [3.63, 3.8) is 0 Å². The fourth-order valence-electron chi connectivity index (χ4n) is 0.587. The normalized spacial score (nSPS) is 20.8. The van der Waals surface area contributed by atoms with Crippen molar-refractivity contribution in [2.75, 3.05) is 13.2 Å². The van der Waals surface area contributed by atoms with E-state index in [0.29, 0.717) is 19.6 Å². The SMILES string of the molecule is O=C1C=CCOCC1. The van der Waals surface area contributed by atoms with Gasteiger partial charge in [-0.1, -0.05) is 6.08 Å². The van der Waals surface area contributed by atoms with E-state index in [4.69, 9.17) is 4.74 Å². The predicted octanol–water partition coefficient (Wildman–Crippen LogP) is 0.532. The van der Waals surface area contributed by atoms with Crippen LogP contribution in [0.5, 0.6) is 0 Å². The topological polar surface area (TPSA) is 26.3 Å². The molecule has 0 N–H and O–H groups in total. The first-order chi connectivity index (χ1) is 3.89. The molecule has 0 aliphatic carbocycles. The lowest BCUT2D eigenvalue weighted by Crippen LogP contribution is -1.95. The summed E-state index contributed by atoms with van der Waals surface area (Å²) in [5.41, 5.74) is 0. The third-order valence-electron chi connectivity index (χ3n) is 1.01. The van der Waals surface area contributed by atoms with Gasteiger partial charge in [-0.05, 0) is 6.08 Å². The van der Waals surface area contributed by atoms with Crippen molar-refractivity contribution in [1.82, 2.24) is 0 Å². The molecule has 0 spiro atoms. The maximum atomic E-state index is 10.5. The van der Waals surface area contributed by atoms with Gasteiger partial charge in [0.2, 0.25) is 0 Å². The van der Waals surface area contributed by atoms with Crippen LogP contribution in [0.25, 0.3) is 0 Å². The van der Waals surface area contributed by atoms with Crippen LogP contribution < -0.4 is 0 Å². The monoisotopic (exact) mass is 112 g/mol. The molecule has 1 heterocycles. The standard InChI is InChI=1S/C6H8O2/c7-6-2-1-4-8-5-3-6/h1-2H,3-5H2. The van der Waals surface area contributed by atoms with Crippen molar-refractivity contribution in [2.45, 2.75) is 6.42 Å². The average molecular weight is 112 g/mol. The van der Waals surface area contributed by atoms with Crippen molar-refractivity contribution in [1.29, 1.82) is 0 Å². The Hall–Kier alpha value is -0.630. The lowest BCUT2D eigenvalue weighted by molar-refractivity contribution is -0.115. The van der Waals surface area contributed by atoms with Crippen LogP contribution >= 0.6 is 0 Å². The van der Waals surface area contributed by atoms with Crippen molar-refractivity contribution in [2.24, 2.45) is 0 Å². The molecule has 0 fully saturated rings. The molecule has 0 bridgehead atoms. The van der Waals surface area contributed by atoms with E-state index in [9.17, 15) is 4.79 Å². The van der Waals surface area contributed by atoms with Crippen LogP contribution in [-0.4, -0.2) is 19.0 Å². The zero-order valence-electron chi connectivity index (χ0n) is 4.59. The Morgan fingerprint density at radius 2 is 2.50 bits per heavy atom. The first kappa shape index (κ1) is 5.51. The number of carbonyl (C=O) groups is 1. The average Bonchev–Trinajstić information content (AvgIpc) is 1.94. The zero-order valence-corrected chi connectivity index (χ0v) is 4.59. The third-order valence-corrected chi connectivity index (χ3v) is 1.01. The van der Waals surface area contributed by atoms with Gasteiger partial charge in [0.25, 0.3) is 0 Å². The summed E-state index contributed by atoms with van der Waals surface area (Å²) >= 11 is 0. The van der Waals surface area contributed by atoms with Gasteiger partial charge < -0.3 is 4.74 Å². The lowest BCUT2D eigenvalue weighted by atomic mass is 10.3. The van der Waals surface area contributed by atoms with Gasteiger partial charge in [0.1, 0.15) is 0 Å². The minimum absolute atomic E-state index is 0.169. The van der Waals surface area contributed by atoms with Gasteiger partial charge in [-0.3, -0.25) is 4.79 Å². The minimum atomic E-state index is 0.169. The van der Waals surface area contributed by atoms with E-state index >= 15 is 0 Å². The minimum Gasteiger partial charge on any atom is -0.377 e. The van der Waals surface area contributed by atoms with Crippen LogP contribution in [-0.2, 0) is 9.53 Å². The van der Waals surface area contributed by atoms with E-state index in [2.05, 4.69) is 0 Å². The maximum absolute atomic E-state index is 10.5. The summed E-state index contributed by atoms with van der Waals surface area (Å²) in [5, 5.41) is 0. The number of ether oxygens (including phenoxy) is 1. The number of hydrogen-bond donors (Lipinski definition) is 0. The van der Waals surface area contributed by atoms with Gasteiger partial charge in [-0.25, -0.2) is 0 Å². The predicted molar refractivity (Wildman–Crippen MR) is 29.6 cm³/mol. The molecule has 0 aromatic carbocycles. The number of ketones is 1. The van der Waals surface area contributed by atoms with Crippen molar-refractivity contribution in [3.05, 3.63) is 12.2 Å².